The van der Waals surface area contributed by atoms with E-state index >= 15 is 0 Å². The number of halogens is 9. The number of amides is 2. The van der Waals surface area contributed by atoms with E-state index in [1.807, 2.05) is 0 Å². The van der Waals surface area contributed by atoms with Crippen molar-refractivity contribution in [1.29, 1.82) is 0 Å². The fraction of sp³-hybridized carbons (Fsp3) is 0.500. The van der Waals surface area contributed by atoms with E-state index in [2.05, 4.69) is 30.9 Å². The van der Waals surface area contributed by atoms with Crippen molar-refractivity contribution >= 4 is 34.6 Å². The Morgan fingerprint density at radius 1 is 1.00 bits per heavy atom. The average Bonchev–Trinajstić information content (AvgIpc) is 3.34. The van der Waals surface area contributed by atoms with Gasteiger partial charge in [0.25, 0.3) is 18.2 Å². The summed E-state index contributed by atoms with van der Waals surface area (Å²) in [6.07, 6.45) is -12.5. The number of pyridine rings is 1. The van der Waals surface area contributed by atoms with Gasteiger partial charge < -0.3 is 25.7 Å². The number of aromatic nitrogens is 3. The third-order valence-corrected chi connectivity index (χ3v) is 7.19. The minimum atomic E-state index is -4.84. The molecule has 1 aliphatic rings. The molecule has 1 fully saturated rings. The topological polar surface area (TPSA) is 121 Å². The molecule has 1 aliphatic carbocycles. The molecule has 46 heavy (non-hydrogen) atoms. The Balaban J connectivity index is 1.60. The van der Waals surface area contributed by atoms with Crippen LogP contribution in [0, 0.1) is 5.92 Å². The molecule has 0 bridgehead atoms. The van der Waals surface area contributed by atoms with Gasteiger partial charge in [0.2, 0.25) is 11.8 Å². The SMILES string of the molecule is CC(C)(F)C(=O)NCc1ccc(C(F)(F)F)c(Nc2nc3nc(OCC(F)F)c(C(=O)NC4CCC(C(F)(F)F)CC4)cc3[nH]2)c1. The van der Waals surface area contributed by atoms with Crippen LogP contribution >= 0.6 is 0 Å². The molecule has 0 unspecified atom stereocenters. The monoisotopic (exact) mass is 668 g/mol. The number of hydrogen-bond acceptors (Lipinski definition) is 6. The number of alkyl halides is 9. The number of ether oxygens (including phenoxy) is 1. The maximum atomic E-state index is 13.8. The number of anilines is 2. The highest BCUT2D eigenvalue weighted by Crippen LogP contribution is 2.38. The van der Waals surface area contributed by atoms with E-state index in [-0.39, 0.29) is 60.5 Å². The summed E-state index contributed by atoms with van der Waals surface area (Å²) in [5.41, 5.74) is -4.29. The van der Waals surface area contributed by atoms with Gasteiger partial charge in [-0.15, -0.1) is 0 Å². The zero-order valence-electron chi connectivity index (χ0n) is 24.3. The molecule has 0 atom stereocenters. The highest BCUT2D eigenvalue weighted by atomic mass is 19.4. The third kappa shape index (κ3) is 8.72. The fourth-order valence-electron chi connectivity index (χ4n) is 4.80. The molecule has 0 saturated heterocycles. The number of nitrogens with one attached hydrogen (secondary N) is 4. The zero-order chi connectivity index (χ0) is 34.0. The van der Waals surface area contributed by atoms with Crippen LogP contribution in [0.25, 0.3) is 11.2 Å². The van der Waals surface area contributed by atoms with Crippen LogP contribution in [0.4, 0.5) is 51.1 Å². The van der Waals surface area contributed by atoms with Gasteiger partial charge in [-0.25, -0.2) is 13.2 Å². The van der Waals surface area contributed by atoms with Gasteiger partial charge >= 0.3 is 12.4 Å². The first-order valence-corrected chi connectivity index (χ1v) is 13.9. The first-order valence-electron chi connectivity index (χ1n) is 13.9. The van der Waals surface area contributed by atoms with Crippen molar-refractivity contribution in [3.63, 3.8) is 0 Å². The summed E-state index contributed by atoms with van der Waals surface area (Å²) in [5.74, 6) is -4.23. The average molecular weight is 669 g/mol. The summed E-state index contributed by atoms with van der Waals surface area (Å²) in [4.78, 5) is 35.6. The zero-order valence-corrected chi connectivity index (χ0v) is 24.3. The largest absolute Gasteiger partial charge is 0.471 e. The van der Waals surface area contributed by atoms with Gasteiger partial charge in [-0.05, 0) is 63.3 Å². The van der Waals surface area contributed by atoms with Gasteiger partial charge in [-0.1, -0.05) is 6.07 Å². The first kappa shape index (κ1) is 34.6. The van der Waals surface area contributed by atoms with Crippen molar-refractivity contribution in [3.8, 4) is 5.88 Å². The Labute approximate surface area is 255 Å². The summed E-state index contributed by atoms with van der Waals surface area (Å²) in [5, 5.41) is 7.30. The van der Waals surface area contributed by atoms with Crippen LogP contribution in [0.5, 0.6) is 5.88 Å². The normalized spacial score (nSPS) is 17.7. The lowest BCUT2D eigenvalue weighted by atomic mass is 9.85. The molecule has 4 rings (SSSR count). The van der Waals surface area contributed by atoms with E-state index in [1.165, 1.54) is 0 Å². The molecule has 0 radical (unpaired) electrons. The molecule has 2 amide bonds. The maximum absolute atomic E-state index is 13.8. The summed E-state index contributed by atoms with van der Waals surface area (Å²) < 4.78 is 125. The number of benzene rings is 1. The predicted octanol–water partition coefficient (Wildman–Crippen LogP) is 6.58. The number of carbonyl (C=O) groups is 2. The highest BCUT2D eigenvalue weighted by molar-refractivity contribution is 5.99. The Morgan fingerprint density at radius 2 is 1.67 bits per heavy atom. The number of nitrogens with zero attached hydrogens (tertiary/aromatic N) is 2. The van der Waals surface area contributed by atoms with Crippen molar-refractivity contribution in [1.82, 2.24) is 25.6 Å². The number of hydrogen-bond donors (Lipinski definition) is 4. The van der Waals surface area contributed by atoms with E-state index in [0.29, 0.717) is 0 Å². The van der Waals surface area contributed by atoms with Gasteiger partial charge in [0.1, 0.15) is 5.56 Å². The van der Waals surface area contributed by atoms with Gasteiger partial charge in [0, 0.05) is 12.6 Å². The Kier molecular flexibility index (Phi) is 9.96. The van der Waals surface area contributed by atoms with Crippen LogP contribution in [0.1, 0.15) is 61.0 Å². The molecule has 0 spiro atoms. The predicted molar refractivity (Wildman–Crippen MR) is 146 cm³/mol. The lowest BCUT2D eigenvalue weighted by Gasteiger charge is -2.30. The maximum Gasteiger partial charge on any atom is 0.418 e. The molecule has 2 aromatic heterocycles. The second-order valence-corrected chi connectivity index (χ2v) is 11.2. The van der Waals surface area contributed by atoms with Gasteiger partial charge in [-0.2, -0.15) is 36.3 Å². The number of rotatable bonds is 10. The van der Waals surface area contributed by atoms with Crippen LogP contribution in [0.3, 0.4) is 0 Å². The smallest absolute Gasteiger partial charge is 0.418 e. The molecule has 2 heterocycles. The number of carbonyl (C=O) groups excluding carboxylic acids is 2. The van der Waals surface area contributed by atoms with Gasteiger partial charge in [-0.3, -0.25) is 9.59 Å². The van der Waals surface area contributed by atoms with E-state index < -0.39 is 72.0 Å². The third-order valence-electron chi connectivity index (χ3n) is 7.19. The van der Waals surface area contributed by atoms with E-state index in [9.17, 15) is 49.1 Å². The molecular weight excluding hydrogens is 639 g/mol. The molecule has 1 aromatic carbocycles. The van der Waals surface area contributed by atoms with Crippen LogP contribution < -0.4 is 20.7 Å². The number of imidazole rings is 1. The number of H-pyrrole nitrogens is 1. The molecule has 4 N–H and O–H groups in total. The molecule has 1 saturated carbocycles. The second-order valence-electron chi connectivity index (χ2n) is 11.2. The van der Waals surface area contributed by atoms with Crippen LogP contribution in [-0.4, -0.2) is 57.7 Å². The quantitative estimate of drug-likeness (QED) is 0.181. The molecule has 18 heteroatoms. The molecular formula is C28H29F9N6O3. The van der Waals surface area contributed by atoms with E-state index in [1.54, 1.807) is 0 Å². The summed E-state index contributed by atoms with van der Waals surface area (Å²) in [6, 6.07) is 3.36. The standard InChI is InChI=1S/C28H29F9N6O3/c1-26(2,31)24(45)38-11-13-3-8-17(28(35,36)37)18(9-13)40-25-41-19-10-16(23(42-21(19)43-25)46-12-20(29)30)22(44)39-15-6-4-14(5-7-15)27(32,33)34/h3,8-10,14-15,20H,4-7,11-12H2,1-2H3,(H,38,45)(H,39,44)(H2,40,41,42,43). The Morgan fingerprint density at radius 3 is 2.26 bits per heavy atom. The lowest BCUT2D eigenvalue weighted by molar-refractivity contribution is -0.182. The number of aromatic amines is 1. The molecule has 252 valence electrons. The number of fused-ring (bicyclic) bond motifs is 1. The summed E-state index contributed by atoms with van der Waals surface area (Å²) in [7, 11) is 0. The van der Waals surface area contributed by atoms with Crippen molar-refractivity contribution in [2.75, 3.05) is 11.9 Å². The second kappa shape index (κ2) is 13.2. The van der Waals surface area contributed by atoms with E-state index in [0.717, 1.165) is 38.1 Å². The molecule has 3 aromatic rings. The summed E-state index contributed by atoms with van der Waals surface area (Å²) >= 11 is 0. The minimum absolute atomic E-state index is 0.0139. The van der Waals surface area contributed by atoms with E-state index in [4.69, 9.17) is 4.74 Å². The highest BCUT2D eigenvalue weighted by Gasteiger charge is 2.41. The molecule has 0 aliphatic heterocycles. The molecule has 9 nitrogen and oxygen atoms in total. The van der Waals surface area contributed by atoms with Crippen molar-refractivity contribution in [3.05, 3.63) is 41.0 Å². The van der Waals surface area contributed by atoms with Crippen molar-refractivity contribution in [2.24, 2.45) is 5.92 Å². The first-order chi connectivity index (χ1) is 21.3. The van der Waals surface area contributed by atoms with Crippen LogP contribution in [-0.2, 0) is 17.5 Å². The Bertz CT molecular complexity index is 1560. The van der Waals surface area contributed by atoms with Gasteiger partial charge in [0.05, 0.1) is 22.7 Å². The minimum Gasteiger partial charge on any atom is -0.471 e. The van der Waals surface area contributed by atoms with Gasteiger partial charge in [0.15, 0.2) is 17.9 Å². The van der Waals surface area contributed by atoms with Crippen molar-refractivity contribution in [2.45, 2.75) is 76.6 Å². The lowest BCUT2D eigenvalue weighted by Crippen LogP contribution is -2.40. The van der Waals surface area contributed by atoms with Crippen LogP contribution in [0.15, 0.2) is 24.3 Å². The van der Waals surface area contributed by atoms with Crippen molar-refractivity contribution < 1.29 is 53.8 Å². The van der Waals surface area contributed by atoms with Crippen LogP contribution in [0.2, 0.25) is 0 Å². The summed E-state index contributed by atoms with van der Waals surface area (Å²) in [6.45, 7) is 0.559. The Hall–Kier alpha value is -4.25. The fourth-order valence-corrected chi connectivity index (χ4v) is 4.80.